The number of amides is 2. The number of anilines is 1. The highest BCUT2D eigenvalue weighted by molar-refractivity contribution is 5.89. The molecular weight excluding hydrogens is 316 g/mol. The summed E-state index contributed by atoms with van der Waals surface area (Å²) in [6, 6.07) is 17.0. The van der Waals surface area contributed by atoms with Gasteiger partial charge in [-0.15, -0.1) is 0 Å². The van der Waals surface area contributed by atoms with E-state index in [9.17, 15) is 9.90 Å². The van der Waals surface area contributed by atoms with Crippen LogP contribution in [0.15, 0.2) is 54.6 Å². The minimum Gasteiger partial charge on any atom is -0.489 e. The molecule has 0 unspecified atom stereocenters. The second kappa shape index (κ2) is 8.53. The Morgan fingerprint density at radius 2 is 1.76 bits per heavy atom. The third-order valence-electron chi connectivity index (χ3n) is 3.60. The highest BCUT2D eigenvalue weighted by Crippen LogP contribution is 2.18. The van der Waals surface area contributed by atoms with E-state index in [0.29, 0.717) is 18.8 Å². The number of aliphatic hydroxyl groups is 1. The molecule has 134 valence electrons. The monoisotopic (exact) mass is 342 g/mol. The molecule has 2 N–H and O–H groups in total. The van der Waals surface area contributed by atoms with Crippen LogP contribution in [-0.4, -0.2) is 34.7 Å². The normalized spacial score (nSPS) is 11.0. The number of rotatable bonds is 7. The van der Waals surface area contributed by atoms with Gasteiger partial charge in [0.1, 0.15) is 12.4 Å². The maximum absolute atomic E-state index is 12.3. The Morgan fingerprint density at radius 1 is 1.12 bits per heavy atom. The van der Waals surface area contributed by atoms with E-state index in [0.717, 1.165) is 11.3 Å². The van der Waals surface area contributed by atoms with Gasteiger partial charge in [-0.1, -0.05) is 30.3 Å². The summed E-state index contributed by atoms with van der Waals surface area (Å²) in [6.45, 7) is 6.54. The van der Waals surface area contributed by atoms with Gasteiger partial charge in [0.15, 0.2) is 0 Å². The van der Waals surface area contributed by atoms with Crippen molar-refractivity contribution in [1.82, 2.24) is 4.90 Å². The lowest BCUT2D eigenvalue weighted by molar-refractivity contribution is 0.0501. The molecule has 0 spiro atoms. The van der Waals surface area contributed by atoms with Crippen molar-refractivity contribution in [2.45, 2.75) is 33.0 Å². The highest BCUT2D eigenvalue weighted by Gasteiger charge is 2.21. The lowest BCUT2D eigenvalue weighted by atomic mass is 10.1. The Kier molecular flexibility index (Phi) is 6.42. The molecule has 0 aliphatic heterocycles. The van der Waals surface area contributed by atoms with Crippen LogP contribution >= 0.6 is 0 Å². The van der Waals surface area contributed by atoms with Crippen LogP contribution in [0.1, 0.15) is 26.3 Å². The van der Waals surface area contributed by atoms with Crippen LogP contribution in [0.25, 0.3) is 0 Å². The summed E-state index contributed by atoms with van der Waals surface area (Å²) in [5, 5.41) is 12.7. The molecule has 0 aliphatic rings. The zero-order valence-corrected chi connectivity index (χ0v) is 15.0. The fourth-order valence-corrected chi connectivity index (χ4v) is 2.37. The second-order valence-corrected chi connectivity index (χ2v) is 6.56. The van der Waals surface area contributed by atoms with Gasteiger partial charge in [-0.25, -0.2) is 4.79 Å². The van der Waals surface area contributed by atoms with Crippen LogP contribution in [0.4, 0.5) is 10.5 Å². The van der Waals surface area contributed by atoms with Gasteiger partial charge < -0.3 is 20.1 Å². The molecule has 0 radical (unpaired) electrons. The van der Waals surface area contributed by atoms with Gasteiger partial charge in [0.05, 0.1) is 12.1 Å². The molecule has 2 rings (SSSR count). The summed E-state index contributed by atoms with van der Waals surface area (Å²) in [6.07, 6.45) is 0. The largest absolute Gasteiger partial charge is 0.489 e. The number of likely N-dealkylation sites (N-methyl/N-ethyl adjacent to an activating group) is 1. The lowest BCUT2D eigenvalue weighted by Gasteiger charge is -2.28. The number of hydrogen-bond donors (Lipinski definition) is 2. The molecule has 5 heteroatoms. The van der Waals surface area contributed by atoms with Crippen molar-refractivity contribution in [2.24, 2.45) is 0 Å². The number of carbonyl (C=O) groups excluding carboxylic acids is 1. The lowest BCUT2D eigenvalue weighted by Crippen LogP contribution is -2.44. The predicted octanol–water partition coefficient (Wildman–Crippen LogP) is 3.89. The average Bonchev–Trinajstić information content (AvgIpc) is 2.59. The third kappa shape index (κ3) is 6.47. The molecule has 0 fully saturated rings. The second-order valence-electron chi connectivity index (χ2n) is 6.56. The van der Waals surface area contributed by atoms with Crippen molar-refractivity contribution in [3.63, 3.8) is 0 Å². The van der Waals surface area contributed by atoms with Gasteiger partial charge in [-0.3, -0.25) is 0 Å². The molecule has 0 bridgehead atoms. The quantitative estimate of drug-likeness (QED) is 0.802. The molecule has 25 heavy (non-hydrogen) atoms. The van der Waals surface area contributed by atoms with Gasteiger partial charge in [-0.05, 0) is 50.6 Å². The van der Waals surface area contributed by atoms with Crippen molar-refractivity contribution in [1.29, 1.82) is 0 Å². The molecule has 0 heterocycles. The Labute approximate surface area is 149 Å². The van der Waals surface area contributed by atoms with E-state index < -0.39 is 5.60 Å². The first-order valence-corrected chi connectivity index (χ1v) is 8.42. The number of benzene rings is 2. The van der Waals surface area contributed by atoms with E-state index in [4.69, 9.17) is 4.74 Å². The van der Waals surface area contributed by atoms with Crippen molar-refractivity contribution < 1.29 is 14.6 Å². The summed E-state index contributed by atoms with van der Waals surface area (Å²) < 4.78 is 5.73. The minimum absolute atomic E-state index is 0.234. The van der Waals surface area contributed by atoms with E-state index in [1.54, 1.807) is 30.9 Å². The van der Waals surface area contributed by atoms with Gasteiger partial charge in [0.25, 0.3) is 0 Å². The summed E-state index contributed by atoms with van der Waals surface area (Å²) in [5.41, 5.74) is 0.860. The van der Waals surface area contributed by atoms with Crippen molar-refractivity contribution in [3.8, 4) is 5.75 Å². The van der Waals surface area contributed by atoms with Crippen molar-refractivity contribution >= 4 is 11.7 Å². The van der Waals surface area contributed by atoms with Crippen LogP contribution in [-0.2, 0) is 6.61 Å². The molecule has 0 saturated carbocycles. The maximum Gasteiger partial charge on any atom is 0.321 e. The van der Waals surface area contributed by atoms with Crippen LogP contribution in [0, 0.1) is 0 Å². The Bertz CT molecular complexity index is 664. The van der Waals surface area contributed by atoms with Gasteiger partial charge in [0, 0.05) is 12.2 Å². The zero-order chi connectivity index (χ0) is 18.3. The molecule has 2 aromatic rings. The van der Waals surface area contributed by atoms with Gasteiger partial charge >= 0.3 is 6.03 Å². The fourth-order valence-electron chi connectivity index (χ4n) is 2.37. The molecular formula is C20H26N2O3. The van der Waals surface area contributed by atoms with Crippen molar-refractivity contribution in [3.05, 3.63) is 60.2 Å². The molecule has 0 atom stereocenters. The van der Waals surface area contributed by atoms with Crippen LogP contribution in [0.2, 0.25) is 0 Å². The minimum atomic E-state index is -0.928. The maximum atomic E-state index is 12.3. The summed E-state index contributed by atoms with van der Waals surface area (Å²) in [5.74, 6) is 0.741. The van der Waals surface area contributed by atoms with Gasteiger partial charge in [-0.2, -0.15) is 0 Å². The Hall–Kier alpha value is -2.53. The van der Waals surface area contributed by atoms with E-state index in [2.05, 4.69) is 5.32 Å². The first kappa shape index (κ1) is 18.8. The number of nitrogens with zero attached hydrogens (tertiary/aromatic N) is 1. The standard InChI is InChI=1S/C20H26N2O3/c1-4-22(15-20(2,3)24)19(23)21-17-10-12-18(13-11-17)25-14-16-8-6-5-7-9-16/h5-13,24H,4,14-15H2,1-3H3,(H,21,23). The van der Waals surface area contributed by atoms with E-state index in [1.165, 1.54) is 0 Å². The first-order valence-electron chi connectivity index (χ1n) is 8.42. The Morgan fingerprint density at radius 3 is 2.32 bits per heavy atom. The zero-order valence-electron chi connectivity index (χ0n) is 15.0. The average molecular weight is 342 g/mol. The molecule has 2 aromatic carbocycles. The van der Waals surface area contributed by atoms with Crippen LogP contribution in [0.5, 0.6) is 5.75 Å². The van der Waals surface area contributed by atoms with E-state index in [1.807, 2.05) is 49.4 Å². The molecule has 5 nitrogen and oxygen atoms in total. The van der Waals surface area contributed by atoms with E-state index in [-0.39, 0.29) is 12.6 Å². The number of ether oxygens (including phenoxy) is 1. The third-order valence-corrected chi connectivity index (χ3v) is 3.60. The number of carbonyl (C=O) groups is 1. The van der Waals surface area contributed by atoms with Crippen molar-refractivity contribution in [2.75, 3.05) is 18.4 Å². The topological polar surface area (TPSA) is 61.8 Å². The fraction of sp³-hybridized carbons (Fsp3) is 0.350. The number of urea groups is 1. The molecule has 0 saturated heterocycles. The Balaban J connectivity index is 1.89. The highest BCUT2D eigenvalue weighted by atomic mass is 16.5. The summed E-state index contributed by atoms with van der Waals surface area (Å²) >= 11 is 0. The SMILES string of the molecule is CCN(CC(C)(C)O)C(=O)Nc1ccc(OCc2ccccc2)cc1. The van der Waals surface area contributed by atoms with Crippen LogP contribution < -0.4 is 10.1 Å². The van der Waals surface area contributed by atoms with Crippen LogP contribution in [0.3, 0.4) is 0 Å². The molecule has 2 amide bonds. The summed E-state index contributed by atoms with van der Waals surface area (Å²) in [7, 11) is 0. The van der Waals surface area contributed by atoms with E-state index >= 15 is 0 Å². The molecule has 0 aromatic heterocycles. The number of nitrogens with one attached hydrogen (secondary N) is 1. The predicted molar refractivity (Wildman–Crippen MR) is 99.8 cm³/mol. The summed E-state index contributed by atoms with van der Waals surface area (Å²) in [4.78, 5) is 13.9. The first-order chi connectivity index (χ1) is 11.9. The van der Waals surface area contributed by atoms with Gasteiger partial charge in [0.2, 0.25) is 0 Å². The number of hydrogen-bond acceptors (Lipinski definition) is 3. The smallest absolute Gasteiger partial charge is 0.321 e. The molecule has 0 aliphatic carbocycles.